The Morgan fingerprint density at radius 2 is 2.11 bits per heavy atom. The molecule has 0 rings (SSSR count). The first-order valence-electron chi connectivity index (χ1n) is 2.27. The molecular weight excluding hydrogens is 144 g/mol. The van der Waals surface area contributed by atoms with Gasteiger partial charge in [-0.1, -0.05) is 6.58 Å². The van der Waals surface area contributed by atoms with Crippen LogP contribution in [-0.4, -0.2) is 21.6 Å². The maximum atomic E-state index is 9.70. The van der Waals surface area contributed by atoms with Crippen molar-refractivity contribution in [3.8, 4) is 0 Å². The Kier molecular flexibility index (Phi) is 5.24. The van der Waals surface area contributed by atoms with Crippen LogP contribution in [0.1, 0.15) is 0 Å². The summed E-state index contributed by atoms with van der Waals surface area (Å²) in [5.74, 6) is 0. The molecule has 9 heavy (non-hydrogen) atoms. The highest BCUT2D eigenvalue weighted by molar-refractivity contribution is 7.67. The summed E-state index contributed by atoms with van der Waals surface area (Å²) < 4.78 is 28.1. The molecule has 0 bridgehead atoms. The molecule has 0 aliphatic carbocycles. The molecule has 0 heterocycles. The van der Waals surface area contributed by atoms with E-state index in [4.69, 9.17) is 0 Å². The molecule has 0 N–H and O–H groups in total. The lowest BCUT2D eigenvalue weighted by molar-refractivity contribution is 0.187. The summed E-state index contributed by atoms with van der Waals surface area (Å²) in [6, 6.07) is 0. The highest BCUT2D eigenvalue weighted by atomic mass is 32.2. The van der Waals surface area contributed by atoms with Crippen molar-refractivity contribution in [3.05, 3.63) is 12.8 Å². The Labute approximate surface area is 55.2 Å². The van der Waals surface area contributed by atoms with Crippen molar-refractivity contribution in [1.29, 1.82) is 0 Å². The third-order valence-corrected chi connectivity index (χ3v) is 0.909. The van der Waals surface area contributed by atoms with Crippen LogP contribution in [0.5, 0.6) is 0 Å². The van der Waals surface area contributed by atoms with Crippen LogP contribution in [-0.2, 0) is 19.9 Å². The van der Waals surface area contributed by atoms with E-state index in [1.165, 1.54) is 6.26 Å². The second-order valence-electron chi connectivity index (χ2n) is 1.09. The van der Waals surface area contributed by atoms with Crippen LogP contribution in [0.3, 0.4) is 0 Å². The fraction of sp³-hybridized carbons (Fsp3) is 0.500. The van der Waals surface area contributed by atoms with E-state index >= 15 is 0 Å². The number of hydrogen-bond acceptors (Lipinski definition) is 4. The summed E-state index contributed by atoms with van der Waals surface area (Å²) in [5.41, 5.74) is 0. The van der Waals surface area contributed by atoms with Gasteiger partial charge in [0, 0.05) is 0 Å². The van der Waals surface area contributed by atoms with E-state index in [9.17, 15) is 8.42 Å². The zero-order chi connectivity index (χ0) is 7.11. The molecule has 0 aromatic rings. The van der Waals surface area contributed by atoms with Gasteiger partial charge in [0.05, 0.1) is 6.26 Å². The molecule has 0 atom stereocenters. The van der Waals surface area contributed by atoms with Crippen molar-refractivity contribution in [2.75, 3.05) is 13.2 Å². The molecule has 0 spiro atoms. The normalized spacial score (nSPS) is 9.44. The fourth-order valence-electron chi connectivity index (χ4n) is 0.243. The van der Waals surface area contributed by atoms with Crippen LogP contribution >= 0.6 is 0 Å². The predicted molar refractivity (Wildman–Crippen MR) is 32.4 cm³/mol. The second-order valence-corrected chi connectivity index (χ2v) is 1.80. The molecule has 0 aliphatic rings. The SMILES string of the molecule is C=COCCO[SH](=O)=O. The van der Waals surface area contributed by atoms with Crippen LogP contribution in [0.4, 0.5) is 0 Å². The standard InChI is InChI=1S/C4H8O4S/c1-2-7-3-4-8-9(5)6/h2,9H,1,3-4H2. The van der Waals surface area contributed by atoms with Gasteiger partial charge in [-0.15, -0.1) is 0 Å². The zero-order valence-corrected chi connectivity index (χ0v) is 5.67. The van der Waals surface area contributed by atoms with E-state index in [0.717, 1.165) is 0 Å². The smallest absolute Gasteiger partial charge is 0.257 e. The first-order chi connectivity index (χ1) is 4.27. The quantitative estimate of drug-likeness (QED) is 0.333. The number of ether oxygens (including phenoxy) is 1. The van der Waals surface area contributed by atoms with Gasteiger partial charge >= 0.3 is 0 Å². The third kappa shape index (κ3) is 7.45. The van der Waals surface area contributed by atoms with Crippen molar-refractivity contribution < 1.29 is 17.3 Å². The molecule has 5 heteroatoms. The number of thiol groups is 1. The molecule has 0 amide bonds. The van der Waals surface area contributed by atoms with Gasteiger partial charge in [0.25, 0.3) is 11.0 Å². The summed E-state index contributed by atoms with van der Waals surface area (Å²) in [7, 11) is -2.73. The maximum absolute atomic E-state index is 9.70. The minimum atomic E-state index is -2.73. The fourth-order valence-corrected chi connectivity index (χ4v) is 0.467. The Morgan fingerprint density at radius 3 is 2.56 bits per heavy atom. The van der Waals surface area contributed by atoms with Gasteiger partial charge in [-0.05, 0) is 0 Å². The van der Waals surface area contributed by atoms with E-state index < -0.39 is 11.0 Å². The van der Waals surface area contributed by atoms with Gasteiger partial charge in [-0.2, -0.15) is 0 Å². The first kappa shape index (κ1) is 8.45. The van der Waals surface area contributed by atoms with Gasteiger partial charge in [0.15, 0.2) is 0 Å². The van der Waals surface area contributed by atoms with Crippen LogP contribution < -0.4 is 0 Å². The molecule has 54 valence electrons. The maximum Gasteiger partial charge on any atom is 0.257 e. The van der Waals surface area contributed by atoms with Crippen molar-refractivity contribution in [3.63, 3.8) is 0 Å². The van der Waals surface area contributed by atoms with E-state index in [2.05, 4.69) is 15.5 Å². The minimum Gasteiger partial charge on any atom is -0.499 e. The molecule has 0 aliphatic heterocycles. The van der Waals surface area contributed by atoms with Crippen molar-refractivity contribution in [2.45, 2.75) is 0 Å². The molecule has 4 nitrogen and oxygen atoms in total. The minimum absolute atomic E-state index is 0.0464. The van der Waals surface area contributed by atoms with Crippen LogP contribution in [0, 0.1) is 0 Å². The van der Waals surface area contributed by atoms with Gasteiger partial charge in [0.2, 0.25) is 0 Å². The van der Waals surface area contributed by atoms with Crippen molar-refractivity contribution in [2.24, 2.45) is 0 Å². The van der Waals surface area contributed by atoms with Crippen LogP contribution in [0.2, 0.25) is 0 Å². The lowest BCUT2D eigenvalue weighted by atomic mass is 10.8. The summed E-state index contributed by atoms with van der Waals surface area (Å²) in [4.78, 5) is 0. The third-order valence-electron chi connectivity index (χ3n) is 0.516. The molecule has 0 aromatic heterocycles. The van der Waals surface area contributed by atoms with Gasteiger partial charge in [0.1, 0.15) is 13.2 Å². The highest BCUT2D eigenvalue weighted by Gasteiger charge is 1.84. The van der Waals surface area contributed by atoms with Crippen LogP contribution in [0.15, 0.2) is 12.8 Å². The van der Waals surface area contributed by atoms with Gasteiger partial charge < -0.3 is 4.74 Å². The monoisotopic (exact) mass is 152 g/mol. The average Bonchev–Trinajstić information content (AvgIpc) is 1.80. The van der Waals surface area contributed by atoms with Crippen LogP contribution in [0.25, 0.3) is 0 Å². The summed E-state index contributed by atoms with van der Waals surface area (Å²) in [6.45, 7) is 3.51. The lowest BCUT2D eigenvalue weighted by Gasteiger charge is -1.94. The topological polar surface area (TPSA) is 52.6 Å². The van der Waals surface area contributed by atoms with Crippen molar-refractivity contribution >= 4 is 11.0 Å². The Hall–Kier alpha value is -0.550. The molecule has 0 saturated carbocycles. The number of rotatable bonds is 5. The number of hydrogen-bond donors (Lipinski definition) is 1. The van der Waals surface area contributed by atoms with E-state index in [0.29, 0.717) is 0 Å². The molecule has 0 radical (unpaired) electrons. The van der Waals surface area contributed by atoms with Gasteiger partial charge in [-0.25, -0.2) is 8.42 Å². The van der Waals surface area contributed by atoms with Gasteiger partial charge in [-0.3, -0.25) is 4.18 Å². The summed E-state index contributed by atoms with van der Waals surface area (Å²) >= 11 is 0. The van der Waals surface area contributed by atoms with Crippen molar-refractivity contribution in [1.82, 2.24) is 0 Å². The Bertz CT molecular complexity index is 132. The molecule has 0 fully saturated rings. The van der Waals surface area contributed by atoms with E-state index in [-0.39, 0.29) is 13.2 Å². The molecular formula is C4H8O4S. The lowest BCUT2D eigenvalue weighted by Crippen LogP contribution is -1.98. The van der Waals surface area contributed by atoms with E-state index in [1.807, 2.05) is 0 Å². The molecule has 0 unspecified atom stereocenters. The second kappa shape index (κ2) is 5.58. The highest BCUT2D eigenvalue weighted by Crippen LogP contribution is 1.76. The summed E-state index contributed by atoms with van der Waals surface area (Å²) in [5, 5.41) is 0. The Morgan fingerprint density at radius 1 is 1.44 bits per heavy atom. The predicted octanol–water partition coefficient (Wildman–Crippen LogP) is -0.311. The van der Waals surface area contributed by atoms with E-state index in [1.54, 1.807) is 0 Å². The largest absolute Gasteiger partial charge is 0.499 e. The Balaban J connectivity index is 3.00. The molecule has 0 aromatic carbocycles. The first-order valence-corrected chi connectivity index (χ1v) is 3.36. The summed E-state index contributed by atoms with van der Waals surface area (Å²) in [6.07, 6.45) is 1.22. The molecule has 0 saturated heterocycles. The average molecular weight is 152 g/mol. The zero-order valence-electron chi connectivity index (χ0n) is 4.78.